The smallest absolute Gasteiger partial charge is 0.269 e. The Balaban J connectivity index is 1.52. The van der Waals surface area contributed by atoms with E-state index >= 15 is 0 Å². The van der Waals surface area contributed by atoms with E-state index in [4.69, 9.17) is 0 Å². The first kappa shape index (κ1) is 26.9. The normalized spacial score (nSPS) is 11.1. The number of nitrogens with one attached hydrogen (secondary N) is 1. The SMILES string of the molecule is Cc1cc(CSc2ccccc2)ccc1NC(=O)CN(c1ccc([N+](=O)[O-])cc1)S(=O)(=O)c1ccccc1. The molecule has 0 aliphatic carbocycles. The summed E-state index contributed by atoms with van der Waals surface area (Å²) in [7, 11) is -4.13. The van der Waals surface area contributed by atoms with Gasteiger partial charge in [-0.2, -0.15) is 0 Å². The van der Waals surface area contributed by atoms with E-state index in [1.54, 1.807) is 36.0 Å². The van der Waals surface area contributed by atoms with E-state index < -0.39 is 27.4 Å². The number of nitrogens with zero attached hydrogens (tertiary/aromatic N) is 2. The third-order valence-corrected chi connectivity index (χ3v) is 8.55. The first-order chi connectivity index (χ1) is 18.2. The average Bonchev–Trinajstić information content (AvgIpc) is 2.93. The van der Waals surface area contributed by atoms with Crippen molar-refractivity contribution in [1.29, 1.82) is 0 Å². The van der Waals surface area contributed by atoms with Gasteiger partial charge in [0.2, 0.25) is 5.91 Å². The summed E-state index contributed by atoms with van der Waals surface area (Å²) in [5.74, 6) is 0.222. The van der Waals surface area contributed by atoms with E-state index in [2.05, 4.69) is 5.32 Å². The highest BCUT2D eigenvalue weighted by Gasteiger charge is 2.27. The summed E-state index contributed by atoms with van der Waals surface area (Å²) in [4.78, 5) is 24.7. The van der Waals surface area contributed by atoms with E-state index in [1.165, 1.54) is 36.4 Å². The number of nitro benzene ring substituents is 1. The van der Waals surface area contributed by atoms with Crippen molar-refractivity contribution in [1.82, 2.24) is 0 Å². The monoisotopic (exact) mass is 547 g/mol. The van der Waals surface area contributed by atoms with Crippen molar-refractivity contribution in [3.05, 3.63) is 124 Å². The quantitative estimate of drug-likeness (QED) is 0.147. The van der Waals surface area contributed by atoms with Crippen molar-refractivity contribution in [3.63, 3.8) is 0 Å². The number of hydrogen-bond acceptors (Lipinski definition) is 6. The minimum Gasteiger partial charge on any atom is -0.324 e. The maximum absolute atomic E-state index is 13.4. The highest BCUT2D eigenvalue weighted by Crippen LogP contribution is 2.27. The molecule has 0 heterocycles. The van der Waals surface area contributed by atoms with Gasteiger partial charge in [-0.15, -0.1) is 11.8 Å². The number of thioether (sulfide) groups is 1. The van der Waals surface area contributed by atoms with Gasteiger partial charge in [0, 0.05) is 28.5 Å². The molecule has 0 saturated carbocycles. The molecular formula is C28H25N3O5S2. The lowest BCUT2D eigenvalue weighted by molar-refractivity contribution is -0.384. The summed E-state index contributed by atoms with van der Waals surface area (Å²) in [5, 5.41) is 13.9. The Morgan fingerprint density at radius 3 is 2.16 bits per heavy atom. The summed E-state index contributed by atoms with van der Waals surface area (Å²) in [5.41, 5.74) is 2.46. The molecule has 0 unspecified atom stereocenters. The molecule has 0 bridgehead atoms. The Kier molecular flexibility index (Phi) is 8.45. The van der Waals surface area contributed by atoms with Crippen LogP contribution in [0.1, 0.15) is 11.1 Å². The van der Waals surface area contributed by atoms with Crippen LogP contribution in [-0.4, -0.2) is 25.8 Å². The van der Waals surface area contributed by atoms with Crippen LogP contribution < -0.4 is 9.62 Å². The Morgan fingerprint density at radius 2 is 1.55 bits per heavy atom. The van der Waals surface area contributed by atoms with E-state index in [9.17, 15) is 23.3 Å². The minimum absolute atomic E-state index is 0.00241. The standard InChI is InChI=1S/C28H25N3O5S2/c1-21-18-22(20-37-25-8-4-2-5-9-25)12-17-27(21)29-28(32)19-30(23-13-15-24(16-14-23)31(33)34)38(35,36)26-10-6-3-7-11-26/h2-18H,19-20H2,1H3,(H,29,32). The van der Waals surface area contributed by atoms with E-state index in [0.29, 0.717) is 5.69 Å². The molecule has 8 nitrogen and oxygen atoms in total. The third-order valence-electron chi connectivity index (χ3n) is 5.68. The van der Waals surface area contributed by atoms with Gasteiger partial charge in [-0.1, -0.05) is 48.5 Å². The van der Waals surface area contributed by atoms with Crippen LogP contribution in [0.15, 0.2) is 113 Å². The molecule has 38 heavy (non-hydrogen) atoms. The van der Waals surface area contributed by atoms with Gasteiger partial charge in [-0.05, 0) is 60.5 Å². The zero-order valence-corrected chi connectivity index (χ0v) is 22.1. The summed E-state index contributed by atoms with van der Waals surface area (Å²) in [6, 6.07) is 28.5. The molecule has 0 aliphatic heterocycles. The predicted molar refractivity (Wildman–Crippen MR) is 150 cm³/mol. The number of nitro groups is 1. The number of benzene rings is 4. The highest BCUT2D eigenvalue weighted by molar-refractivity contribution is 7.98. The van der Waals surface area contributed by atoms with Gasteiger partial charge in [0.25, 0.3) is 15.7 Å². The van der Waals surface area contributed by atoms with Gasteiger partial charge in [0.15, 0.2) is 0 Å². The second-order valence-corrected chi connectivity index (χ2v) is 11.3. The van der Waals surface area contributed by atoms with Gasteiger partial charge in [0.05, 0.1) is 15.5 Å². The topological polar surface area (TPSA) is 110 Å². The summed E-state index contributed by atoms with van der Waals surface area (Å²) < 4.78 is 27.8. The molecule has 0 aromatic heterocycles. The molecule has 1 N–H and O–H groups in total. The molecule has 0 spiro atoms. The lowest BCUT2D eigenvalue weighted by Gasteiger charge is -2.24. The zero-order chi connectivity index (χ0) is 27.1. The fourth-order valence-electron chi connectivity index (χ4n) is 3.73. The fraction of sp³-hybridized carbons (Fsp3) is 0.107. The van der Waals surface area contributed by atoms with Crippen molar-refractivity contribution >= 4 is 44.8 Å². The molecule has 0 atom stereocenters. The van der Waals surface area contributed by atoms with Crippen LogP contribution in [0.5, 0.6) is 0 Å². The number of non-ortho nitro benzene ring substituents is 1. The summed E-state index contributed by atoms with van der Waals surface area (Å²) in [6.45, 7) is 1.36. The molecular weight excluding hydrogens is 522 g/mol. The van der Waals surface area contributed by atoms with Crippen LogP contribution in [0.4, 0.5) is 17.1 Å². The van der Waals surface area contributed by atoms with Gasteiger partial charge >= 0.3 is 0 Å². The second kappa shape index (κ2) is 11.9. The first-order valence-electron chi connectivity index (χ1n) is 11.6. The Hall–Kier alpha value is -4.15. The molecule has 4 rings (SSSR count). The Bertz CT molecular complexity index is 1530. The van der Waals surface area contributed by atoms with Crippen molar-refractivity contribution in [3.8, 4) is 0 Å². The molecule has 10 heteroatoms. The molecule has 0 fully saturated rings. The fourth-order valence-corrected chi connectivity index (χ4v) is 6.04. The number of sulfonamides is 1. The molecule has 4 aromatic carbocycles. The molecule has 0 saturated heterocycles. The molecule has 194 valence electrons. The number of aryl methyl sites for hydroxylation is 1. The average molecular weight is 548 g/mol. The van der Waals surface area contributed by atoms with Gasteiger partial charge in [-0.25, -0.2) is 8.42 Å². The molecule has 0 radical (unpaired) electrons. The molecule has 1 amide bonds. The van der Waals surface area contributed by atoms with E-state index in [1.807, 2.05) is 49.4 Å². The number of carbonyl (C=O) groups excluding carboxylic acids is 1. The largest absolute Gasteiger partial charge is 0.324 e. The highest BCUT2D eigenvalue weighted by atomic mass is 32.2. The Labute approximate surface area is 225 Å². The number of anilines is 2. The van der Waals surface area contributed by atoms with Crippen LogP contribution >= 0.6 is 11.8 Å². The molecule has 4 aromatic rings. The lowest BCUT2D eigenvalue weighted by atomic mass is 10.1. The van der Waals surface area contributed by atoms with Crippen LogP contribution in [0.25, 0.3) is 0 Å². The van der Waals surface area contributed by atoms with Gasteiger partial charge < -0.3 is 5.32 Å². The summed E-state index contributed by atoms with van der Waals surface area (Å²) in [6.07, 6.45) is 0. The summed E-state index contributed by atoms with van der Waals surface area (Å²) >= 11 is 1.71. The van der Waals surface area contributed by atoms with Crippen LogP contribution in [-0.2, 0) is 20.6 Å². The van der Waals surface area contributed by atoms with Crippen LogP contribution in [0.3, 0.4) is 0 Å². The number of rotatable bonds is 10. The van der Waals surface area contributed by atoms with Crippen molar-refractivity contribution in [2.75, 3.05) is 16.2 Å². The van der Waals surface area contributed by atoms with Gasteiger partial charge in [-0.3, -0.25) is 19.2 Å². The van der Waals surface area contributed by atoms with E-state index in [-0.39, 0.29) is 16.3 Å². The maximum atomic E-state index is 13.4. The second-order valence-electron chi connectivity index (χ2n) is 8.40. The number of hydrogen-bond donors (Lipinski definition) is 1. The lowest BCUT2D eigenvalue weighted by Crippen LogP contribution is -2.38. The molecule has 0 aliphatic rings. The minimum atomic E-state index is -4.13. The van der Waals surface area contributed by atoms with Gasteiger partial charge in [0.1, 0.15) is 6.54 Å². The number of amides is 1. The third kappa shape index (κ3) is 6.58. The predicted octanol–water partition coefficient (Wildman–Crippen LogP) is 6.03. The Morgan fingerprint density at radius 1 is 0.921 bits per heavy atom. The van der Waals surface area contributed by atoms with Crippen LogP contribution in [0.2, 0.25) is 0 Å². The first-order valence-corrected chi connectivity index (χ1v) is 14.1. The number of carbonyl (C=O) groups is 1. The van der Waals surface area contributed by atoms with Crippen molar-refractivity contribution < 1.29 is 18.1 Å². The van der Waals surface area contributed by atoms with Crippen molar-refractivity contribution in [2.45, 2.75) is 22.5 Å². The van der Waals surface area contributed by atoms with Crippen molar-refractivity contribution in [2.24, 2.45) is 0 Å². The van der Waals surface area contributed by atoms with E-state index in [0.717, 1.165) is 26.1 Å². The maximum Gasteiger partial charge on any atom is 0.269 e. The zero-order valence-electron chi connectivity index (χ0n) is 20.5. The van der Waals surface area contributed by atoms with Crippen LogP contribution in [0, 0.1) is 17.0 Å².